The Morgan fingerprint density at radius 3 is 2.35 bits per heavy atom. The summed E-state index contributed by atoms with van der Waals surface area (Å²) in [7, 11) is 0. The Morgan fingerprint density at radius 1 is 1.25 bits per heavy atom. The Labute approximate surface area is 128 Å². The summed E-state index contributed by atoms with van der Waals surface area (Å²) in [4.78, 5) is 25.0. The molecule has 0 aliphatic rings. The standard InChI is InChI=1S/C15H21BrN2O2/c1-11(2)8-9-18(12(3)19)10-15(20)17-14-6-4-13(16)5-7-14/h4-7,11H,8-10H2,1-3H3,(H,17,20). The summed E-state index contributed by atoms with van der Waals surface area (Å²) in [6, 6.07) is 7.34. The Balaban J connectivity index is 2.53. The van der Waals surface area contributed by atoms with Crippen molar-refractivity contribution in [2.45, 2.75) is 27.2 Å². The molecule has 110 valence electrons. The van der Waals surface area contributed by atoms with Crippen LogP contribution in [0.25, 0.3) is 0 Å². The molecule has 0 bridgehead atoms. The van der Waals surface area contributed by atoms with Gasteiger partial charge in [0.25, 0.3) is 0 Å². The number of anilines is 1. The summed E-state index contributed by atoms with van der Waals surface area (Å²) < 4.78 is 0.956. The maximum absolute atomic E-state index is 11.9. The Bertz CT molecular complexity index is 457. The van der Waals surface area contributed by atoms with Gasteiger partial charge < -0.3 is 10.2 Å². The van der Waals surface area contributed by atoms with E-state index in [4.69, 9.17) is 0 Å². The van der Waals surface area contributed by atoms with Crippen molar-refractivity contribution in [3.8, 4) is 0 Å². The topological polar surface area (TPSA) is 49.4 Å². The Morgan fingerprint density at radius 2 is 1.85 bits per heavy atom. The highest BCUT2D eigenvalue weighted by atomic mass is 79.9. The molecule has 0 unspecified atom stereocenters. The zero-order chi connectivity index (χ0) is 15.1. The van der Waals surface area contributed by atoms with E-state index in [1.54, 1.807) is 4.90 Å². The highest BCUT2D eigenvalue weighted by Gasteiger charge is 2.14. The fraction of sp³-hybridized carbons (Fsp3) is 0.467. The van der Waals surface area contributed by atoms with Crippen LogP contribution in [-0.2, 0) is 9.59 Å². The second-order valence-corrected chi connectivity index (χ2v) is 6.09. The minimum atomic E-state index is -0.175. The largest absolute Gasteiger partial charge is 0.334 e. The Hall–Kier alpha value is -1.36. The minimum absolute atomic E-state index is 0.0726. The van der Waals surface area contributed by atoms with Crippen LogP contribution >= 0.6 is 15.9 Å². The third kappa shape index (κ3) is 6.19. The van der Waals surface area contributed by atoms with Crippen LogP contribution < -0.4 is 5.32 Å². The average molecular weight is 341 g/mol. The molecule has 2 amide bonds. The summed E-state index contributed by atoms with van der Waals surface area (Å²) in [6.45, 7) is 6.40. The molecule has 20 heavy (non-hydrogen) atoms. The SMILES string of the molecule is CC(=O)N(CCC(C)C)CC(=O)Nc1ccc(Br)cc1. The molecule has 0 heterocycles. The van der Waals surface area contributed by atoms with E-state index in [9.17, 15) is 9.59 Å². The van der Waals surface area contributed by atoms with E-state index >= 15 is 0 Å². The van der Waals surface area contributed by atoms with Crippen molar-refractivity contribution >= 4 is 33.4 Å². The van der Waals surface area contributed by atoms with Gasteiger partial charge in [-0.3, -0.25) is 9.59 Å². The zero-order valence-electron chi connectivity index (χ0n) is 12.1. The molecule has 0 radical (unpaired) electrons. The number of carbonyl (C=O) groups excluding carboxylic acids is 2. The van der Waals surface area contributed by atoms with Crippen LogP contribution in [0.5, 0.6) is 0 Å². The number of carbonyl (C=O) groups is 2. The van der Waals surface area contributed by atoms with Gasteiger partial charge in [0.05, 0.1) is 6.54 Å². The number of halogens is 1. The van der Waals surface area contributed by atoms with Gasteiger partial charge in [-0.2, -0.15) is 0 Å². The van der Waals surface area contributed by atoms with Gasteiger partial charge in [0.15, 0.2) is 0 Å². The van der Waals surface area contributed by atoms with Crippen LogP contribution in [0.1, 0.15) is 27.2 Å². The maximum Gasteiger partial charge on any atom is 0.243 e. The molecular formula is C15H21BrN2O2. The van der Waals surface area contributed by atoms with E-state index in [1.165, 1.54) is 6.92 Å². The molecule has 1 rings (SSSR count). The highest BCUT2D eigenvalue weighted by molar-refractivity contribution is 9.10. The van der Waals surface area contributed by atoms with Crippen LogP contribution in [0.4, 0.5) is 5.69 Å². The summed E-state index contributed by atoms with van der Waals surface area (Å²) in [5.41, 5.74) is 0.727. The van der Waals surface area contributed by atoms with Crippen LogP contribution in [0.3, 0.4) is 0 Å². The predicted molar refractivity (Wildman–Crippen MR) is 84.5 cm³/mol. The lowest BCUT2D eigenvalue weighted by molar-refractivity contribution is -0.132. The number of hydrogen-bond donors (Lipinski definition) is 1. The number of nitrogens with zero attached hydrogens (tertiary/aromatic N) is 1. The second kappa shape index (κ2) is 8.04. The third-order valence-electron chi connectivity index (χ3n) is 2.88. The first kappa shape index (κ1) is 16.7. The van der Waals surface area contributed by atoms with Crippen LogP contribution in [-0.4, -0.2) is 29.8 Å². The van der Waals surface area contributed by atoms with Crippen molar-refractivity contribution in [1.29, 1.82) is 0 Å². The maximum atomic E-state index is 11.9. The first-order valence-electron chi connectivity index (χ1n) is 6.69. The van der Waals surface area contributed by atoms with Crippen LogP contribution in [0.2, 0.25) is 0 Å². The van der Waals surface area contributed by atoms with Gasteiger partial charge in [0.1, 0.15) is 0 Å². The van der Waals surface area contributed by atoms with Crippen molar-refractivity contribution in [2.75, 3.05) is 18.4 Å². The second-order valence-electron chi connectivity index (χ2n) is 5.18. The molecule has 0 spiro atoms. The Kier molecular flexibility index (Phi) is 6.71. The lowest BCUT2D eigenvalue weighted by atomic mass is 10.1. The lowest BCUT2D eigenvalue weighted by Crippen LogP contribution is -2.37. The zero-order valence-corrected chi connectivity index (χ0v) is 13.7. The van der Waals surface area contributed by atoms with E-state index in [0.717, 1.165) is 16.6 Å². The average Bonchev–Trinajstić information content (AvgIpc) is 2.36. The summed E-state index contributed by atoms with van der Waals surface area (Å²) in [5, 5.41) is 2.79. The van der Waals surface area contributed by atoms with Crippen molar-refractivity contribution in [3.05, 3.63) is 28.7 Å². The number of benzene rings is 1. The molecule has 0 saturated carbocycles. The molecule has 0 saturated heterocycles. The molecule has 5 heteroatoms. The summed E-state index contributed by atoms with van der Waals surface area (Å²) in [6.07, 6.45) is 0.894. The monoisotopic (exact) mass is 340 g/mol. The van der Waals surface area contributed by atoms with Crippen LogP contribution in [0, 0.1) is 5.92 Å². The first-order chi connectivity index (χ1) is 9.38. The van der Waals surface area contributed by atoms with Crippen molar-refractivity contribution in [3.63, 3.8) is 0 Å². The first-order valence-corrected chi connectivity index (χ1v) is 7.48. The van der Waals surface area contributed by atoms with Gasteiger partial charge in [-0.15, -0.1) is 0 Å². The molecule has 0 fully saturated rings. The van der Waals surface area contributed by atoms with Gasteiger partial charge in [-0.05, 0) is 36.6 Å². The van der Waals surface area contributed by atoms with Gasteiger partial charge >= 0.3 is 0 Å². The van der Waals surface area contributed by atoms with Gasteiger partial charge in [0.2, 0.25) is 11.8 Å². The van der Waals surface area contributed by atoms with E-state index in [2.05, 4.69) is 35.1 Å². The molecule has 0 aliphatic heterocycles. The third-order valence-corrected chi connectivity index (χ3v) is 3.41. The predicted octanol–water partition coefficient (Wildman–Crippen LogP) is 3.28. The lowest BCUT2D eigenvalue weighted by Gasteiger charge is -2.21. The fourth-order valence-electron chi connectivity index (χ4n) is 1.67. The highest BCUT2D eigenvalue weighted by Crippen LogP contribution is 2.14. The molecule has 4 nitrogen and oxygen atoms in total. The van der Waals surface area contributed by atoms with Gasteiger partial charge in [-0.25, -0.2) is 0 Å². The van der Waals surface area contributed by atoms with E-state index in [1.807, 2.05) is 24.3 Å². The van der Waals surface area contributed by atoms with Crippen LogP contribution in [0.15, 0.2) is 28.7 Å². The normalized spacial score (nSPS) is 10.4. The molecular weight excluding hydrogens is 320 g/mol. The molecule has 0 atom stereocenters. The van der Waals surface area contributed by atoms with E-state index < -0.39 is 0 Å². The van der Waals surface area contributed by atoms with Gasteiger partial charge in [-0.1, -0.05) is 29.8 Å². The van der Waals surface area contributed by atoms with Crippen molar-refractivity contribution in [2.24, 2.45) is 5.92 Å². The summed E-state index contributed by atoms with van der Waals surface area (Å²) in [5.74, 6) is 0.259. The number of hydrogen-bond acceptors (Lipinski definition) is 2. The molecule has 0 aliphatic carbocycles. The molecule has 0 aromatic heterocycles. The smallest absolute Gasteiger partial charge is 0.243 e. The molecule has 1 aromatic carbocycles. The molecule has 1 aromatic rings. The fourth-order valence-corrected chi connectivity index (χ4v) is 1.93. The van der Waals surface area contributed by atoms with E-state index in [-0.39, 0.29) is 18.4 Å². The molecule has 1 N–H and O–H groups in total. The van der Waals surface area contributed by atoms with E-state index in [0.29, 0.717) is 12.5 Å². The van der Waals surface area contributed by atoms with Crippen molar-refractivity contribution < 1.29 is 9.59 Å². The summed E-state index contributed by atoms with van der Waals surface area (Å²) >= 11 is 3.34. The number of nitrogens with one attached hydrogen (secondary N) is 1. The van der Waals surface area contributed by atoms with Crippen molar-refractivity contribution in [1.82, 2.24) is 4.90 Å². The van der Waals surface area contributed by atoms with Gasteiger partial charge in [0, 0.05) is 23.6 Å². The number of amides is 2. The quantitative estimate of drug-likeness (QED) is 0.863. The minimum Gasteiger partial charge on any atom is -0.334 e. The number of rotatable bonds is 6.